The lowest BCUT2D eigenvalue weighted by molar-refractivity contribution is -0.136. The van der Waals surface area contributed by atoms with E-state index in [0.29, 0.717) is 29.0 Å². The number of rotatable bonds is 4. The normalized spacial score (nSPS) is 16.2. The van der Waals surface area contributed by atoms with E-state index in [9.17, 15) is 28.2 Å². The van der Waals surface area contributed by atoms with Crippen LogP contribution in [0.5, 0.6) is 0 Å². The van der Waals surface area contributed by atoms with E-state index in [1.165, 1.54) is 24.8 Å². The van der Waals surface area contributed by atoms with Crippen molar-refractivity contribution in [1.29, 1.82) is 0 Å². The van der Waals surface area contributed by atoms with E-state index < -0.39 is 23.8 Å². The smallest absolute Gasteiger partial charge is 0.417 e. The number of halogens is 3. The van der Waals surface area contributed by atoms with Gasteiger partial charge >= 0.3 is 12.1 Å². The lowest BCUT2D eigenvalue weighted by Crippen LogP contribution is -2.10. The highest BCUT2D eigenvalue weighted by Crippen LogP contribution is 2.36. The van der Waals surface area contributed by atoms with Gasteiger partial charge in [-0.15, -0.1) is 0 Å². The summed E-state index contributed by atoms with van der Waals surface area (Å²) in [5.41, 5.74) is -0.182. The second-order valence-corrected chi connectivity index (χ2v) is 6.92. The summed E-state index contributed by atoms with van der Waals surface area (Å²) in [5.74, 6) is -0.758. The molecule has 156 valence electrons. The standard InChI is InChI=1S/C20H17F3N4O3/c21-20(22,23)15-3-1-2-13-11(6-12(19(29)30)7-14(13)15)4-5-27-10-26-17-16(28)8-24-9-25-18(17)27/h1-3,6-7,9-10,16,28H,4-5,8H2,(H,24,25)(H,29,30). The molecule has 10 heteroatoms. The Bertz CT molecular complexity index is 1150. The number of aliphatic imine (C=N–C) groups is 1. The molecule has 0 aliphatic carbocycles. The van der Waals surface area contributed by atoms with Crippen LogP contribution in [0.25, 0.3) is 10.8 Å². The number of nitrogens with zero attached hydrogens (tertiary/aromatic N) is 3. The third-order valence-corrected chi connectivity index (χ3v) is 5.01. The van der Waals surface area contributed by atoms with Crippen LogP contribution in [0.2, 0.25) is 0 Å². The Morgan fingerprint density at radius 1 is 1.27 bits per heavy atom. The molecule has 0 spiro atoms. The van der Waals surface area contributed by atoms with Crippen molar-refractivity contribution in [3.8, 4) is 0 Å². The van der Waals surface area contributed by atoms with Crippen LogP contribution in [-0.4, -0.2) is 38.6 Å². The molecule has 1 unspecified atom stereocenters. The van der Waals surface area contributed by atoms with Gasteiger partial charge < -0.3 is 20.1 Å². The molecule has 7 nitrogen and oxygen atoms in total. The van der Waals surface area contributed by atoms with Gasteiger partial charge in [0.1, 0.15) is 17.6 Å². The van der Waals surface area contributed by atoms with Gasteiger partial charge in [0.05, 0.1) is 30.3 Å². The van der Waals surface area contributed by atoms with Crippen LogP contribution in [0, 0.1) is 0 Å². The highest BCUT2D eigenvalue weighted by atomic mass is 19.4. The van der Waals surface area contributed by atoms with Crippen LogP contribution in [0.15, 0.2) is 41.7 Å². The van der Waals surface area contributed by atoms with E-state index in [1.54, 1.807) is 10.6 Å². The van der Waals surface area contributed by atoms with Crippen molar-refractivity contribution in [2.24, 2.45) is 4.99 Å². The van der Waals surface area contributed by atoms with Crippen LogP contribution in [-0.2, 0) is 19.1 Å². The van der Waals surface area contributed by atoms with Gasteiger partial charge in [0.2, 0.25) is 0 Å². The van der Waals surface area contributed by atoms with E-state index in [1.807, 2.05) is 0 Å². The quantitative estimate of drug-likeness (QED) is 0.602. The maximum atomic E-state index is 13.5. The molecular formula is C20H17F3N4O3. The number of hydrogen-bond acceptors (Lipinski definition) is 5. The number of imidazole rings is 1. The first-order valence-corrected chi connectivity index (χ1v) is 9.10. The largest absolute Gasteiger partial charge is 0.478 e. The lowest BCUT2D eigenvalue weighted by Gasteiger charge is -2.15. The van der Waals surface area contributed by atoms with E-state index in [-0.39, 0.29) is 23.9 Å². The second-order valence-electron chi connectivity index (χ2n) is 6.92. The molecular weight excluding hydrogens is 401 g/mol. The summed E-state index contributed by atoms with van der Waals surface area (Å²) in [5, 5.41) is 22.6. The molecule has 1 aliphatic rings. The monoisotopic (exact) mass is 418 g/mol. The van der Waals surface area contributed by atoms with E-state index >= 15 is 0 Å². The van der Waals surface area contributed by atoms with Gasteiger partial charge in [0.25, 0.3) is 0 Å². The topological polar surface area (TPSA) is 99.7 Å². The number of hydrogen-bond donors (Lipinski definition) is 3. The highest BCUT2D eigenvalue weighted by Gasteiger charge is 2.33. The SMILES string of the molecule is O=C(O)c1cc(CCn2cnc3c2NC=NCC3O)c2cccc(C(F)(F)F)c2c1. The van der Waals surface area contributed by atoms with Crippen molar-refractivity contribution in [2.75, 3.05) is 11.9 Å². The number of aromatic nitrogens is 2. The average Bonchev–Trinajstić information content (AvgIpc) is 3.01. The van der Waals surface area contributed by atoms with Crippen molar-refractivity contribution in [3.05, 3.63) is 59.0 Å². The molecule has 0 radical (unpaired) electrons. The van der Waals surface area contributed by atoms with Crippen LogP contribution < -0.4 is 5.32 Å². The number of carboxylic acids is 1. The Balaban J connectivity index is 1.75. The minimum absolute atomic E-state index is 0.148. The molecule has 1 aliphatic heterocycles. The number of carbonyl (C=O) groups is 1. The third kappa shape index (κ3) is 3.61. The lowest BCUT2D eigenvalue weighted by atomic mass is 9.95. The zero-order chi connectivity index (χ0) is 21.5. The minimum Gasteiger partial charge on any atom is -0.478 e. The molecule has 1 atom stereocenters. The number of benzene rings is 2. The molecule has 0 saturated carbocycles. The van der Waals surface area contributed by atoms with Gasteiger partial charge in [-0.05, 0) is 41.0 Å². The number of aryl methyl sites for hydroxylation is 2. The number of nitrogens with one attached hydrogen (secondary N) is 1. The molecule has 3 aromatic rings. The minimum atomic E-state index is -4.60. The zero-order valence-corrected chi connectivity index (χ0v) is 15.5. The summed E-state index contributed by atoms with van der Waals surface area (Å²) < 4.78 is 42.1. The van der Waals surface area contributed by atoms with Gasteiger partial charge in [0, 0.05) is 6.54 Å². The number of aliphatic hydroxyl groups excluding tert-OH is 1. The fourth-order valence-corrected chi connectivity index (χ4v) is 3.60. The molecule has 0 fully saturated rings. The maximum absolute atomic E-state index is 13.5. The van der Waals surface area contributed by atoms with E-state index in [4.69, 9.17) is 0 Å². The summed E-state index contributed by atoms with van der Waals surface area (Å²) in [6.07, 6.45) is -2.24. The fourth-order valence-electron chi connectivity index (χ4n) is 3.60. The molecule has 0 saturated heterocycles. The second kappa shape index (κ2) is 7.45. The van der Waals surface area contributed by atoms with Crippen molar-refractivity contribution < 1.29 is 28.2 Å². The predicted octanol–water partition coefficient (Wildman–Crippen LogP) is 3.48. The first kappa shape index (κ1) is 19.9. The average molecular weight is 418 g/mol. The molecule has 0 amide bonds. The molecule has 30 heavy (non-hydrogen) atoms. The number of aromatic carboxylic acids is 1. The Labute approximate surface area is 168 Å². The molecule has 2 heterocycles. The number of aliphatic hydroxyl groups is 1. The Kier molecular flexibility index (Phi) is 4.94. The van der Waals surface area contributed by atoms with Crippen molar-refractivity contribution >= 4 is 28.9 Å². The molecule has 1 aromatic heterocycles. The van der Waals surface area contributed by atoms with Crippen LogP contribution >= 0.6 is 0 Å². The number of carboxylic acid groups (broad SMARTS) is 1. The first-order chi connectivity index (χ1) is 14.3. The summed E-state index contributed by atoms with van der Waals surface area (Å²) in [4.78, 5) is 19.7. The molecule has 3 N–H and O–H groups in total. The van der Waals surface area contributed by atoms with Crippen LogP contribution in [0.1, 0.15) is 33.3 Å². The summed E-state index contributed by atoms with van der Waals surface area (Å²) in [6.45, 7) is 0.479. The third-order valence-electron chi connectivity index (χ3n) is 5.01. The van der Waals surface area contributed by atoms with Crippen molar-refractivity contribution in [1.82, 2.24) is 9.55 Å². The van der Waals surface area contributed by atoms with E-state index in [0.717, 1.165) is 12.1 Å². The Morgan fingerprint density at radius 3 is 2.80 bits per heavy atom. The summed E-state index contributed by atoms with van der Waals surface area (Å²) >= 11 is 0. The Hall–Kier alpha value is -3.40. The predicted molar refractivity (Wildman–Crippen MR) is 104 cm³/mol. The van der Waals surface area contributed by atoms with Gasteiger partial charge in [0.15, 0.2) is 0 Å². The van der Waals surface area contributed by atoms with Crippen molar-refractivity contribution in [2.45, 2.75) is 25.2 Å². The molecule has 4 rings (SSSR count). The highest BCUT2D eigenvalue weighted by molar-refractivity contribution is 5.97. The number of anilines is 1. The van der Waals surface area contributed by atoms with Crippen molar-refractivity contribution in [3.63, 3.8) is 0 Å². The first-order valence-electron chi connectivity index (χ1n) is 9.10. The summed E-state index contributed by atoms with van der Waals surface area (Å²) in [6, 6.07) is 6.26. The number of fused-ring (bicyclic) bond motifs is 2. The molecule has 2 aromatic carbocycles. The summed E-state index contributed by atoms with van der Waals surface area (Å²) in [7, 11) is 0. The fraction of sp³-hybridized carbons (Fsp3) is 0.250. The Morgan fingerprint density at radius 2 is 2.07 bits per heavy atom. The zero-order valence-electron chi connectivity index (χ0n) is 15.5. The molecule has 0 bridgehead atoms. The maximum Gasteiger partial charge on any atom is 0.417 e. The number of alkyl halides is 3. The van der Waals surface area contributed by atoms with Crippen LogP contribution in [0.3, 0.4) is 0 Å². The van der Waals surface area contributed by atoms with Gasteiger partial charge in [-0.1, -0.05) is 12.1 Å². The van der Waals surface area contributed by atoms with Gasteiger partial charge in [-0.2, -0.15) is 13.2 Å². The van der Waals surface area contributed by atoms with Crippen LogP contribution in [0.4, 0.5) is 19.0 Å². The van der Waals surface area contributed by atoms with Gasteiger partial charge in [-0.3, -0.25) is 4.99 Å². The van der Waals surface area contributed by atoms with E-state index in [2.05, 4.69) is 15.3 Å². The van der Waals surface area contributed by atoms with Gasteiger partial charge in [-0.25, -0.2) is 9.78 Å².